The minimum atomic E-state index is 0.844. The van der Waals surface area contributed by atoms with E-state index in [1.165, 1.54) is 50.1 Å². The van der Waals surface area contributed by atoms with Crippen molar-refractivity contribution in [1.82, 2.24) is 0 Å². The number of nitrogens with one attached hydrogen (secondary N) is 1. The fourth-order valence-electron chi connectivity index (χ4n) is 3.20. The van der Waals surface area contributed by atoms with Crippen molar-refractivity contribution in [2.24, 2.45) is 5.92 Å². The van der Waals surface area contributed by atoms with Crippen LogP contribution in [0.15, 0.2) is 18.2 Å². The summed E-state index contributed by atoms with van der Waals surface area (Å²) in [4.78, 5) is 2.60. The SMILES string of the molecule is CC1CCCN(c2cccc3c2CCCN3)C1. The summed E-state index contributed by atoms with van der Waals surface area (Å²) in [5.74, 6) is 0.844. The molecule has 17 heavy (non-hydrogen) atoms. The van der Waals surface area contributed by atoms with Crippen LogP contribution in [0.4, 0.5) is 11.4 Å². The molecule has 0 amide bonds. The molecule has 1 fully saturated rings. The van der Waals surface area contributed by atoms with Gasteiger partial charge in [-0.2, -0.15) is 0 Å². The number of benzene rings is 1. The van der Waals surface area contributed by atoms with E-state index in [9.17, 15) is 0 Å². The van der Waals surface area contributed by atoms with Crippen LogP contribution in [-0.2, 0) is 6.42 Å². The van der Waals surface area contributed by atoms with Gasteiger partial charge in [-0.05, 0) is 49.3 Å². The summed E-state index contributed by atoms with van der Waals surface area (Å²) in [6.45, 7) is 5.98. The van der Waals surface area contributed by atoms with Gasteiger partial charge in [-0.25, -0.2) is 0 Å². The average Bonchev–Trinajstić information content (AvgIpc) is 2.38. The molecule has 1 atom stereocenters. The van der Waals surface area contributed by atoms with E-state index in [1.54, 1.807) is 5.56 Å². The molecule has 0 bridgehead atoms. The standard InChI is InChI=1S/C15H22N2/c1-12-5-4-10-17(11-12)15-8-2-7-14-13(15)6-3-9-16-14/h2,7-8,12,16H,3-6,9-11H2,1H3. The zero-order valence-corrected chi connectivity index (χ0v) is 10.7. The monoisotopic (exact) mass is 230 g/mol. The minimum Gasteiger partial charge on any atom is -0.385 e. The predicted octanol–water partition coefficient (Wildman–Crippen LogP) is 3.28. The summed E-state index contributed by atoms with van der Waals surface area (Å²) in [5.41, 5.74) is 4.40. The highest BCUT2D eigenvalue weighted by molar-refractivity contribution is 5.68. The van der Waals surface area contributed by atoms with Gasteiger partial charge in [-0.1, -0.05) is 13.0 Å². The highest BCUT2D eigenvalue weighted by Gasteiger charge is 2.21. The maximum Gasteiger partial charge on any atom is 0.0419 e. The normalized spacial score (nSPS) is 24.1. The Labute approximate surface area is 104 Å². The van der Waals surface area contributed by atoms with Gasteiger partial charge in [-0.3, -0.25) is 0 Å². The van der Waals surface area contributed by atoms with Crippen LogP contribution < -0.4 is 10.2 Å². The van der Waals surface area contributed by atoms with Crippen molar-refractivity contribution in [2.45, 2.75) is 32.6 Å². The lowest BCUT2D eigenvalue weighted by molar-refractivity contribution is 0.446. The smallest absolute Gasteiger partial charge is 0.0419 e. The first-order chi connectivity index (χ1) is 8.34. The zero-order chi connectivity index (χ0) is 11.7. The number of fused-ring (bicyclic) bond motifs is 1. The molecule has 1 aromatic carbocycles. The highest BCUT2D eigenvalue weighted by Crippen LogP contribution is 2.33. The van der Waals surface area contributed by atoms with Gasteiger partial charge in [0, 0.05) is 31.0 Å². The first kappa shape index (κ1) is 10.9. The molecular formula is C15H22N2. The molecule has 1 aromatic rings. The summed E-state index contributed by atoms with van der Waals surface area (Å²) in [5, 5.41) is 3.53. The molecule has 2 heterocycles. The van der Waals surface area contributed by atoms with Gasteiger partial charge >= 0.3 is 0 Å². The van der Waals surface area contributed by atoms with E-state index in [4.69, 9.17) is 0 Å². The molecule has 0 saturated carbocycles. The Morgan fingerprint density at radius 1 is 1.29 bits per heavy atom. The number of anilines is 2. The van der Waals surface area contributed by atoms with Gasteiger partial charge in [0.2, 0.25) is 0 Å². The lowest BCUT2D eigenvalue weighted by Crippen LogP contribution is -2.35. The van der Waals surface area contributed by atoms with Crippen molar-refractivity contribution in [3.05, 3.63) is 23.8 Å². The van der Waals surface area contributed by atoms with E-state index in [0.717, 1.165) is 12.5 Å². The van der Waals surface area contributed by atoms with Gasteiger partial charge in [0.25, 0.3) is 0 Å². The molecule has 0 spiro atoms. The molecule has 1 saturated heterocycles. The average molecular weight is 230 g/mol. The van der Waals surface area contributed by atoms with Gasteiger partial charge in [0.15, 0.2) is 0 Å². The topological polar surface area (TPSA) is 15.3 Å². The van der Waals surface area contributed by atoms with E-state index < -0.39 is 0 Å². The lowest BCUT2D eigenvalue weighted by Gasteiger charge is -2.35. The highest BCUT2D eigenvalue weighted by atomic mass is 15.1. The van der Waals surface area contributed by atoms with Gasteiger partial charge < -0.3 is 10.2 Å². The van der Waals surface area contributed by atoms with Crippen LogP contribution in [0.3, 0.4) is 0 Å². The molecule has 2 nitrogen and oxygen atoms in total. The van der Waals surface area contributed by atoms with E-state index in [-0.39, 0.29) is 0 Å². The minimum absolute atomic E-state index is 0.844. The molecule has 1 N–H and O–H groups in total. The number of rotatable bonds is 1. The molecule has 0 aromatic heterocycles. The third kappa shape index (κ3) is 2.13. The fourth-order valence-corrected chi connectivity index (χ4v) is 3.20. The van der Waals surface area contributed by atoms with Crippen molar-refractivity contribution in [2.75, 3.05) is 29.9 Å². The third-order valence-electron chi connectivity index (χ3n) is 4.07. The summed E-state index contributed by atoms with van der Waals surface area (Å²) >= 11 is 0. The zero-order valence-electron chi connectivity index (χ0n) is 10.7. The van der Waals surface area contributed by atoms with Crippen LogP contribution in [-0.4, -0.2) is 19.6 Å². The maximum atomic E-state index is 3.53. The summed E-state index contributed by atoms with van der Waals surface area (Å²) in [7, 11) is 0. The molecule has 0 aliphatic carbocycles. The molecule has 92 valence electrons. The summed E-state index contributed by atoms with van der Waals surface area (Å²) in [6.07, 6.45) is 5.25. The second kappa shape index (κ2) is 4.59. The van der Waals surface area contributed by atoms with Crippen molar-refractivity contribution in [3.63, 3.8) is 0 Å². The number of hydrogen-bond acceptors (Lipinski definition) is 2. The van der Waals surface area contributed by atoms with E-state index in [0.29, 0.717) is 0 Å². The molecule has 2 aliphatic heterocycles. The fraction of sp³-hybridized carbons (Fsp3) is 0.600. The third-order valence-corrected chi connectivity index (χ3v) is 4.07. The van der Waals surface area contributed by atoms with Crippen molar-refractivity contribution >= 4 is 11.4 Å². The summed E-state index contributed by atoms with van der Waals surface area (Å²) in [6, 6.07) is 6.74. The van der Waals surface area contributed by atoms with E-state index in [1.807, 2.05) is 0 Å². The number of nitrogens with zero attached hydrogens (tertiary/aromatic N) is 1. The van der Waals surface area contributed by atoms with E-state index >= 15 is 0 Å². The molecule has 2 heteroatoms. The van der Waals surface area contributed by atoms with Crippen LogP contribution in [0.2, 0.25) is 0 Å². The Hall–Kier alpha value is -1.18. The number of piperidine rings is 1. The van der Waals surface area contributed by atoms with Crippen LogP contribution in [0, 0.1) is 5.92 Å². The Morgan fingerprint density at radius 2 is 2.24 bits per heavy atom. The van der Waals surface area contributed by atoms with Crippen LogP contribution in [0.1, 0.15) is 31.7 Å². The van der Waals surface area contributed by atoms with Crippen LogP contribution in [0.5, 0.6) is 0 Å². The van der Waals surface area contributed by atoms with Gasteiger partial charge in [0.05, 0.1) is 0 Å². The summed E-state index contributed by atoms with van der Waals surface area (Å²) < 4.78 is 0. The van der Waals surface area contributed by atoms with Crippen molar-refractivity contribution < 1.29 is 0 Å². The lowest BCUT2D eigenvalue weighted by atomic mass is 9.96. The number of hydrogen-bond donors (Lipinski definition) is 1. The first-order valence-corrected chi connectivity index (χ1v) is 6.95. The van der Waals surface area contributed by atoms with Gasteiger partial charge in [-0.15, -0.1) is 0 Å². The molecule has 0 radical (unpaired) electrons. The van der Waals surface area contributed by atoms with Crippen LogP contribution >= 0.6 is 0 Å². The molecule has 1 unspecified atom stereocenters. The van der Waals surface area contributed by atoms with Crippen molar-refractivity contribution in [3.8, 4) is 0 Å². The van der Waals surface area contributed by atoms with Crippen molar-refractivity contribution in [1.29, 1.82) is 0 Å². The Kier molecular flexibility index (Phi) is 2.96. The Bertz CT molecular complexity index is 400. The second-order valence-corrected chi connectivity index (χ2v) is 5.53. The Balaban J connectivity index is 1.91. The molecule has 2 aliphatic rings. The Morgan fingerprint density at radius 3 is 3.12 bits per heavy atom. The first-order valence-electron chi connectivity index (χ1n) is 6.95. The van der Waals surface area contributed by atoms with Gasteiger partial charge in [0.1, 0.15) is 0 Å². The largest absolute Gasteiger partial charge is 0.385 e. The maximum absolute atomic E-state index is 3.53. The molecular weight excluding hydrogens is 208 g/mol. The molecule has 3 rings (SSSR count). The van der Waals surface area contributed by atoms with E-state index in [2.05, 4.69) is 35.3 Å². The quantitative estimate of drug-likeness (QED) is 0.796. The van der Waals surface area contributed by atoms with Crippen LogP contribution in [0.25, 0.3) is 0 Å². The second-order valence-electron chi connectivity index (χ2n) is 5.53. The predicted molar refractivity (Wildman–Crippen MR) is 73.9 cm³/mol.